The average molecular weight is 338 g/mol. The van der Waals surface area contributed by atoms with Crippen LogP contribution in [0.3, 0.4) is 0 Å². The van der Waals surface area contributed by atoms with E-state index in [4.69, 9.17) is 5.73 Å². The monoisotopic (exact) mass is 338 g/mol. The Morgan fingerprint density at radius 2 is 1.92 bits per heavy atom. The quantitative estimate of drug-likeness (QED) is 0.693. The van der Waals surface area contributed by atoms with Crippen molar-refractivity contribution in [1.29, 1.82) is 0 Å². The number of thiophene rings is 1. The molecule has 0 saturated heterocycles. The highest BCUT2D eigenvalue weighted by Gasteiger charge is 2.18. The lowest BCUT2D eigenvalue weighted by Gasteiger charge is -2.16. The molecule has 0 saturated carbocycles. The molecule has 0 fully saturated rings. The number of nitrogens with two attached hydrogens (primary N) is 1. The Bertz CT molecular complexity index is 790. The molecule has 122 valence electrons. The number of carbonyl (C=O) groups excluding carboxylic acids is 1. The third-order valence-electron chi connectivity index (χ3n) is 3.81. The molecule has 24 heavy (non-hydrogen) atoms. The molecule has 0 radical (unpaired) electrons. The van der Waals surface area contributed by atoms with E-state index in [0.29, 0.717) is 6.54 Å². The van der Waals surface area contributed by atoms with Crippen molar-refractivity contribution >= 4 is 17.2 Å². The van der Waals surface area contributed by atoms with E-state index < -0.39 is 6.04 Å². The van der Waals surface area contributed by atoms with Crippen LogP contribution in [0.4, 0.5) is 0 Å². The zero-order valence-corrected chi connectivity index (χ0v) is 13.9. The Hall–Kier alpha value is -2.57. The minimum absolute atomic E-state index is 0.377. The summed E-state index contributed by atoms with van der Waals surface area (Å²) < 4.78 is 0. The van der Waals surface area contributed by atoms with E-state index in [0.717, 1.165) is 23.1 Å². The van der Waals surface area contributed by atoms with E-state index in [1.165, 1.54) is 5.56 Å². The lowest BCUT2D eigenvalue weighted by molar-refractivity contribution is -0.120. The van der Waals surface area contributed by atoms with E-state index in [1.54, 1.807) is 29.9 Å². The second-order valence-electron chi connectivity index (χ2n) is 5.45. The normalized spacial score (nSPS) is 12.0. The van der Waals surface area contributed by atoms with Crippen LogP contribution in [0.25, 0.3) is 0 Å². The molecule has 3 rings (SSSR count). The molecule has 0 spiro atoms. The van der Waals surface area contributed by atoms with Gasteiger partial charge in [-0.2, -0.15) is 11.3 Å². The number of rotatable bonds is 7. The summed E-state index contributed by atoms with van der Waals surface area (Å²) in [6.45, 7) is 0.548. The van der Waals surface area contributed by atoms with Crippen LogP contribution in [0.15, 0.2) is 59.8 Å². The fourth-order valence-electron chi connectivity index (χ4n) is 2.54. The van der Waals surface area contributed by atoms with Crippen LogP contribution in [0.1, 0.15) is 28.3 Å². The van der Waals surface area contributed by atoms with Crippen molar-refractivity contribution in [3.63, 3.8) is 0 Å². The summed E-state index contributed by atoms with van der Waals surface area (Å²) in [5.74, 6) is -0.377. The molecule has 3 aromatic rings. The van der Waals surface area contributed by atoms with Gasteiger partial charge in [-0.25, -0.2) is 0 Å². The van der Waals surface area contributed by atoms with E-state index in [-0.39, 0.29) is 5.91 Å². The third kappa shape index (κ3) is 4.04. The van der Waals surface area contributed by atoms with Gasteiger partial charge >= 0.3 is 0 Å². The number of nitrogens with one attached hydrogen (secondary N) is 1. The first-order valence-corrected chi connectivity index (χ1v) is 8.54. The van der Waals surface area contributed by atoms with Crippen LogP contribution in [-0.2, 0) is 17.8 Å². The molecule has 3 heterocycles. The molecule has 1 unspecified atom stereocenters. The van der Waals surface area contributed by atoms with Crippen molar-refractivity contribution in [2.24, 2.45) is 5.73 Å². The largest absolute Gasteiger partial charge is 0.368 e. The molecule has 6 heteroatoms. The minimum Gasteiger partial charge on any atom is -0.368 e. The number of hydrogen-bond donors (Lipinski definition) is 2. The first-order valence-electron chi connectivity index (χ1n) is 7.59. The Morgan fingerprint density at radius 1 is 1.12 bits per heavy atom. The average Bonchev–Trinajstić information content (AvgIpc) is 3.11. The van der Waals surface area contributed by atoms with Gasteiger partial charge in [0.1, 0.15) is 6.04 Å². The van der Waals surface area contributed by atoms with Crippen molar-refractivity contribution < 1.29 is 4.79 Å². The number of carbonyl (C=O) groups is 1. The van der Waals surface area contributed by atoms with Gasteiger partial charge < -0.3 is 5.73 Å². The summed E-state index contributed by atoms with van der Waals surface area (Å²) in [5.41, 5.74) is 9.82. The second kappa shape index (κ2) is 7.81. The van der Waals surface area contributed by atoms with Crippen LogP contribution >= 0.6 is 11.3 Å². The molecule has 0 aliphatic heterocycles. The van der Waals surface area contributed by atoms with E-state index in [2.05, 4.69) is 15.3 Å². The van der Waals surface area contributed by atoms with Crippen molar-refractivity contribution in [3.05, 3.63) is 82.1 Å². The van der Waals surface area contributed by atoms with Crippen LogP contribution in [0.2, 0.25) is 0 Å². The van der Waals surface area contributed by atoms with Crippen molar-refractivity contribution in [3.8, 4) is 0 Å². The molecule has 0 aliphatic rings. The SMILES string of the molecule is NC(=O)C(NCc1ccncc1Cc1ccncc1)c1ccsc1. The molecule has 5 nitrogen and oxygen atoms in total. The number of aromatic nitrogens is 2. The van der Waals surface area contributed by atoms with E-state index in [9.17, 15) is 4.79 Å². The zero-order chi connectivity index (χ0) is 16.8. The highest BCUT2D eigenvalue weighted by molar-refractivity contribution is 7.08. The van der Waals surface area contributed by atoms with Gasteiger partial charge in [0.15, 0.2) is 0 Å². The first-order chi connectivity index (χ1) is 11.7. The van der Waals surface area contributed by atoms with Gasteiger partial charge in [0.25, 0.3) is 0 Å². The van der Waals surface area contributed by atoms with Crippen LogP contribution in [0, 0.1) is 0 Å². The van der Waals surface area contributed by atoms with Gasteiger partial charge in [-0.05, 0) is 63.7 Å². The lowest BCUT2D eigenvalue weighted by atomic mass is 10.0. The highest BCUT2D eigenvalue weighted by Crippen LogP contribution is 2.18. The molecular weight excluding hydrogens is 320 g/mol. The predicted molar refractivity (Wildman–Crippen MR) is 94.4 cm³/mol. The Balaban J connectivity index is 1.74. The van der Waals surface area contributed by atoms with Crippen LogP contribution in [0.5, 0.6) is 0 Å². The van der Waals surface area contributed by atoms with Crippen molar-refractivity contribution in [2.45, 2.75) is 19.0 Å². The molecule has 0 aromatic carbocycles. The number of nitrogens with zero attached hydrogens (tertiary/aromatic N) is 2. The number of hydrogen-bond acceptors (Lipinski definition) is 5. The number of pyridine rings is 2. The maximum Gasteiger partial charge on any atom is 0.239 e. The minimum atomic E-state index is -0.488. The topological polar surface area (TPSA) is 80.9 Å². The van der Waals surface area contributed by atoms with Crippen molar-refractivity contribution in [2.75, 3.05) is 0 Å². The molecule has 0 aliphatic carbocycles. The fraction of sp³-hybridized carbons (Fsp3) is 0.167. The molecule has 1 amide bonds. The number of amides is 1. The summed E-state index contributed by atoms with van der Waals surface area (Å²) in [6.07, 6.45) is 7.96. The summed E-state index contributed by atoms with van der Waals surface area (Å²) in [6, 6.07) is 7.37. The molecular formula is C18H18N4OS. The Morgan fingerprint density at radius 3 is 2.62 bits per heavy atom. The highest BCUT2D eigenvalue weighted by atomic mass is 32.1. The maximum atomic E-state index is 11.7. The summed E-state index contributed by atoms with van der Waals surface area (Å²) >= 11 is 1.55. The standard InChI is InChI=1S/C18H18N4OS/c19-18(23)17(15-4-8-24-12-15)22-11-14-3-7-21-10-16(14)9-13-1-5-20-6-2-13/h1-8,10,12,17,22H,9,11H2,(H2,19,23). The van der Waals surface area contributed by atoms with E-state index >= 15 is 0 Å². The van der Waals surface area contributed by atoms with E-state index in [1.807, 2.05) is 41.2 Å². The third-order valence-corrected chi connectivity index (χ3v) is 4.51. The van der Waals surface area contributed by atoms with Gasteiger partial charge in [-0.1, -0.05) is 0 Å². The Labute approximate surface area is 144 Å². The maximum absolute atomic E-state index is 11.7. The van der Waals surface area contributed by atoms with Crippen LogP contribution in [-0.4, -0.2) is 15.9 Å². The predicted octanol–water partition coefficient (Wildman–Crippen LogP) is 2.45. The van der Waals surface area contributed by atoms with Gasteiger partial charge in [-0.3, -0.25) is 20.1 Å². The Kier molecular flexibility index (Phi) is 5.30. The summed E-state index contributed by atoms with van der Waals surface area (Å²) in [4.78, 5) is 20.0. The molecule has 3 N–H and O–H groups in total. The molecule has 3 aromatic heterocycles. The molecule has 1 atom stereocenters. The molecule has 0 bridgehead atoms. The summed E-state index contributed by atoms with van der Waals surface area (Å²) in [7, 11) is 0. The smallest absolute Gasteiger partial charge is 0.239 e. The fourth-order valence-corrected chi connectivity index (χ4v) is 3.23. The zero-order valence-electron chi connectivity index (χ0n) is 13.1. The van der Waals surface area contributed by atoms with Gasteiger partial charge in [0.05, 0.1) is 0 Å². The first kappa shape index (κ1) is 16.3. The second-order valence-corrected chi connectivity index (χ2v) is 6.23. The van der Waals surface area contributed by atoms with Gasteiger partial charge in [0, 0.05) is 31.3 Å². The lowest BCUT2D eigenvalue weighted by Crippen LogP contribution is -2.33. The van der Waals surface area contributed by atoms with Crippen molar-refractivity contribution in [1.82, 2.24) is 15.3 Å². The van der Waals surface area contributed by atoms with Crippen LogP contribution < -0.4 is 11.1 Å². The summed E-state index contributed by atoms with van der Waals surface area (Å²) in [5, 5.41) is 7.13. The van der Waals surface area contributed by atoms with Gasteiger partial charge in [0.2, 0.25) is 5.91 Å². The van der Waals surface area contributed by atoms with Gasteiger partial charge in [-0.15, -0.1) is 0 Å². The number of primary amides is 1.